The Labute approximate surface area is 124 Å². The van der Waals surface area contributed by atoms with Gasteiger partial charge < -0.3 is 5.32 Å². The minimum absolute atomic E-state index is 0.534. The molecule has 2 fully saturated rings. The van der Waals surface area contributed by atoms with Gasteiger partial charge in [-0.25, -0.2) is 0 Å². The maximum absolute atomic E-state index is 3.62. The van der Waals surface area contributed by atoms with Crippen molar-refractivity contribution in [3.63, 3.8) is 0 Å². The van der Waals surface area contributed by atoms with Gasteiger partial charge in [0.05, 0.1) is 0 Å². The summed E-state index contributed by atoms with van der Waals surface area (Å²) in [6.07, 6.45) is 9.44. The zero-order valence-corrected chi connectivity index (χ0v) is 13.1. The second kappa shape index (κ2) is 5.89. The van der Waals surface area contributed by atoms with Crippen molar-refractivity contribution < 1.29 is 0 Å². The first-order valence-electron chi connectivity index (χ1n) is 8.45. The van der Waals surface area contributed by atoms with Crippen LogP contribution in [0.3, 0.4) is 0 Å². The van der Waals surface area contributed by atoms with E-state index in [2.05, 4.69) is 43.4 Å². The highest BCUT2D eigenvalue weighted by Crippen LogP contribution is 2.43. The molecule has 1 aromatic carbocycles. The molecule has 0 aromatic heterocycles. The van der Waals surface area contributed by atoms with Gasteiger partial charge in [-0.05, 0) is 67.5 Å². The van der Waals surface area contributed by atoms with E-state index in [1.807, 2.05) is 0 Å². The van der Waals surface area contributed by atoms with Gasteiger partial charge in [0, 0.05) is 6.04 Å². The van der Waals surface area contributed by atoms with Gasteiger partial charge >= 0.3 is 0 Å². The first-order chi connectivity index (χ1) is 9.62. The molecule has 110 valence electrons. The maximum atomic E-state index is 3.62. The fraction of sp³-hybridized carbons (Fsp3) is 0.684. The Hall–Kier alpha value is -0.820. The lowest BCUT2D eigenvalue weighted by atomic mass is 9.70. The molecule has 1 saturated carbocycles. The first kappa shape index (κ1) is 14.1. The van der Waals surface area contributed by atoms with Crippen molar-refractivity contribution >= 4 is 0 Å². The second-order valence-corrected chi connectivity index (χ2v) is 7.70. The summed E-state index contributed by atoms with van der Waals surface area (Å²) in [5, 5.41) is 3.62. The first-order valence-corrected chi connectivity index (χ1v) is 8.45. The monoisotopic (exact) mass is 271 g/mol. The molecule has 2 unspecified atom stereocenters. The SMILES string of the molecule is CC1(C)CCCC(c2cccc(CC3CCCN3)c2)C1. The lowest BCUT2D eigenvalue weighted by Crippen LogP contribution is -2.24. The van der Waals surface area contributed by atoms with E-state index in [-0.39, 0.29) is 0 Å². The summed E-state index contributed by atoms with van der Waals surface area (Å²) in [4.78, 5) is 0. The number of hydrogen-bond acceptors (Lipinski definition) is 1. The summed E-state index contributed by atoms with van der Waals surface area (Å²) in [5.74, 6) is 0.787. The zero-order valence-electron chi connectivity index (χ0n) is 13.1. The normalized spacial score (nSPS) is 29.5. The van der Waals surface area contributed by atoms with E-state index in [0.29, 0.717) is 11.5 Å². The average molecular weight is 271 g/mol. The minimum Gasteiger partial charge on any atom is -0.314 e. The summed E-state index contributed by atoms with van der Waals surface area (Å²) < 4.78 is 0. The fourth-order valence-electron chi connectivity index (χ4n) is 4.17. The van der Waals surface area contributed by atoms with Gasteiger partial charge in [0.25, 0.3) is 0 Å². The highest BCUT2D eigenvalue weighted by atomic mass is 14.9. The quantitative estimate of drug-likeness (QED) is 0.842. The maximum Gasteiger partial charge on any atom is 0.0108 e. The molecule has 1 aliphatic carbocycles. The minimum atomic E-state index is 0.534. The van der Waals surface area contributed by atoms with Crippen molar-refractivity contribution in [1.82, 2.24) is 5.32 Å². The Kier molecular flexibility index (Phi) is 4.16. The molecule has 2 atom stereocenters. The number of benzene rings is 1. The molecule has 1 N–H and O–H groups in total. The van der Waals surface area contributed by atoms with Crippen LogP contribution in [0.25, 0.3) is 0 Å². The predicted molar refractivity (Wildman–Crippen MR) is 86.2 cm³/mol. The van der Waals surface area contributed by atoms with Crippen LogP contribution in [0.15, 0.2) is 24.3 Å². The van der Waals surface area contributed by atoms with Crippen LogP contribution in [0.4, 0.5) is 0 Å². The van der Waals surface area contributed by atoms with E-state index in [0.717, 1.165) is 5.92 Å². The second-order valence-electron chi connectivity index (χ2n) is 7.70. The van der Waals surface area contributed by atoms with Crippen LogP contribution in [0.5, 0.6) is 0 Å². The molecule has 2 aliphatic rings. The van der Waals surface area contributed by atoms with Crippen LogP contribution in [0.2, 0.25) is 0 Å². The van der Waals surface area contributed by atoms with Gasteiger partial charge in [-0.2, -0.15) is 0 Å². The summed E-state index contributed by atoms with van der Waals surface area (Å²) in [6.45, 7) is 6.08. The number of hydrogen-bond donors (Lipinski definition) is 1. The van der Waals surface area contributed by atoms with Crippen molar-refractivity contribution in [1.29, 1.82) is 0 Å². The molecule has 0 radical (unpaired) electrons. The Morgan fingerprint density at radius 3 is 2.85 bits per heavy atom. The van der Waals surface area contributed by atoms with Crippen LogP contribution >= 0.6 is 0 Å². The van der Waals surface area contributed by atoms with E-state index in [9.17, 15) is 0 Å². The predicted octanol–water partition coefficient (Wildman–Crippen LogP) is 4.66. The van der Waals surface area contributed by atoms with Crippen molar-refractivity contribution in [2.24, 2.45) is 5.41 Å². The van der Waals surface area contributed by atoms with Gasteiger partial charge in [-0.15, -0.1) is 0 Å². The molecule has 20 heavy (non-hydrogen) atoms. The molecular weight excluding hydrogens is 242 g/mol. The van der Waals surface area contributed by atoms with Crippen LogP contribution < -0.4 is 5.32 Å². The van der Waals surface area contributed by atoms with Gasteiger partial charge in [0.1, 0.15) is 0 Å². The third-order valence-corrected chi connectivity index (χ3v) is 5.27. The topological polar surface area (TPSA) is 12.0 Å². The molecule has 3 rings (SSSR count). The molecule has 1 heteroatoms. The summed E-state index contributed by atoms with van der Waals surface area (Å²) in [5.41, 5.74) is 3.66. The highest BCUT2D eigenvalue weighted by Gasteiger charge is 2.28. The van der Waals surface area contributed by atoms with Crippen LogP contribution in [0.1, 0.15) is 69.4 Å². The van der Waals surface area contributed by atoms with Gasteiger partial charge in [0.15, 0.2) is 0 Å². The Bertz CT molecular complexity index is 443. The number of rotatable bonds is 3. The Balaban J connectivity index is 1.70. The smallest absolute Gasteiger partial charge is 0.0108 e. The lowest BCUT2D eigenvalue weighted by molar-refractivity contribution is 0.219. The van der Waals surface area contributed by atoms with E-state index in [4.69, 9.17) is 0 Å². The van der Waals surface area contributed by atoms with Gasteiger partial charge in [-0.3, -0.25) is 0 Å². The average Bonchev–Trinajstić information content (AvgIpc) is 2.91. The Morgan fingerprint density at radius 2 is 2.10 bits per heavy atom. The van der Waals surface area contributed by atoms with E-state index in [1.54, 1.807) is 5.56 Å². The molecule has 1 aromatic rings. The molecule has 0 amide bonds. The summed E-state index contributed by atoms with van der Waals surface area (Å²) in [6, 6.07) is 10.2. The van der Waals surface area contributed by atoms with Crippen molar-refractivity contribution in [2.75, 3.05) is 6.54 Å². The molecule has 1 heterocycles. The largest absolute Gasteiger partial charge is 0.314 e. The van der Waals surface area contributed by atoms with Gasteiger partial charge in [0.2, 0.25) is 0 Å². The van der Waals surface area contributed by atoms with Crippen LogP contribution in [-0.2, 0) is 6.42 Å². The molecule has 1 saturated heterocycles. The zero-order chi connectivity index (χ0) is 14.0. The molecule has 1 aliphatic heterocycles. The standard InChI is InChI=1S/C19H29N/c1-19(2)10-4-8-17(14-19)16-7-3-6-15(12-16)13-18-9-5-11-20-18/h3,6-7,12,17-18,20H,4-5,8-11,13-14H2,1-2H3. The van der Waals surface area contributed by atoms with Gasteiger partial charge in [-0.1, -0.05) is 44.5 Å². The third-order valence-electron chi connectivity index (χ3n) is 5.27. The van der Waals surface area contributed by atoms with Crippen molar-refractivity contribution in [3.8, 4) is 0 Å². The number of nitrogens with one attached hydrogen (secondary N) is 1. The highest BCUT2D eigenvalue weighted by molar-refractivity contribution is 5.28. The van der Waals surface area contributed by atoms with E-state index >= 15 is 0 Å². The lowest BCUT2D eigenvalue weighted by Gasteiger charge is -2.35. The van der Waals surface area contributed by atoms with Crippen molar-refractivity contribution in [2.45, 2.75) is 70.8 Å². The summed E-state index contributed by atoms with van der Waals surface area (Å²) >= 11 is 0. The van der Waals surface area contributed by atoms with E-state index < -0.39 is 0 Å². The fourth-order valence-corrected chi connectivity index (χ4v) is 4.17. The Morgan fingerprint density at radius 1 is 1.20 bits per heavy atom. The molecular formula is C19H29N. The third kappa shape index (κ3) is 3.44. The van der Waals surface area contributed by atoms with Crippen LogP contribution in [-0.4, -0.2) is 12.6 Å². The molecule has 0 bridgehead atoms. The molecule has 0 spiro atoms. The van der Waals surface area contributed by atoms with Crippen LogP contribution in [0, 0.1) is 5.41 Å². The summed E-state index contributed by atoms with van der Waals surface area (Å²) in [7, 11) is 0. The molecule has 1 nitrogen and oxygen atoms in total. The van der Waals surface area contributed by atoms with E-state index in [1.165, 1.54) is 57.1 Å². The van der Waals surface area contributed by atoms with Crippen molar-refractivity contribution in [3.05, 3.63) is 35.4 Å².